The highest BCUT2D eigenvalue weighted by Crippen LogP contribution is 2.23. The minimum absolute atomic E-state index is 0.474. The van der Waals surface area contributed by atoms with Crippen LogP contribution >= 0.6 is 0 Å². The highest BCUT2D eigenvalue weighted by molar-refractivity contribution is 5.69. The van der Waals surface area contributed by atoms with Crippen molar-refractivity contribution >= 4 is 6.09 Å². The Hall–Kier alpha value is -1.67. The Kier molecular flexibility index (Phi) is 6.12. The van der Waals surface area contributed by atoms with Crippen LogP contribution in [0.4, 0.5) is 4.79 Å². The van der Waals surface area contributed by atoms with Gasteiger partial charge in [0.05, 0.1) is 0 Å². The molecule has 0 aliphatic heterocycles. The Balaban J connectivity index is 2.97. The molecule has 23 heavy (non-hydrogen) atoms. The van der Waals surface area contributed by atoms with Crippen molar-refractivity contribution in [3.05, 3.63) is 35.4 Å². The van der Waals surface area contributed by atoms with Crippen LogP contribution in [-0.2, 0) is 20.0 Å². The van der Waals surface area contributed by atoms with E-state index in [1.54, 1.807) is 59.3 Å². The molecular formula is C16H27N3O4. The van der Waals surface area contributed by atoms with Crippen LogP contribution in [0.5, 0.6) is 0 Å². The fourth-order valence-corrected chi connectivity index (χ4v) is 1.95. The van der Waals surface area contributed by atoms with E-state index in [1.165, 1.54) is 7.05 Å². The molecule has 1 amide bonds. The van der Waals surface area contributed by atoms with Gasteiger partial charge in [-0.25, -0.2) is 4.79 Å². The molecule has 1 aromatic rings. The van der Waals surface area contributed by atoms with Gasteiger partial charge in [0.2, 0.25) is 0 Å². The fourth-order valence-electron chi connectivity index (χ4n) is 1.95. The van der Waals surface area contributed by atoms with E-state index in [9.17, 15) is 4.79 Å². The molecule has 0 aromatic heterocycles. The molecule has 0 aliphatic rings. The first-order chi connectivity index (χ1) is 10.5. The SMILES string of the molecule is COC(OC)c1ccc(C(N)(N)N(C)C(=O)OC(C)(C)C)cc1. The van der Waals surface area contributed by atoms with Gasteiger partial charge in [0.25, 0.3) is 0 Å². The van der Waals surface area contributed by atoms with E-state index >= 15 is 0 Å². The molecule has 7 heteroatoms. The van der Waals surface area contributed by atoms with Gasteiger partial charge in [-0.3, -0.25) is 16.4 Å². The average Bonchev–Trinajstić information content (AvgIpc) is 2.46. The molecule has 0 fully saturated rings. The second-order valence-electron chi connectivity index (χ2n) is 6.29. The third kappa shape index (κ3) is 4.90. The van der Waals surface area contributed by atoms with E-state index in [0.29, 0.717) is 5.56 Å². The Morgan fingerprint density at radius 2 is 1.57 bits per heavy atom. The molecule has 0 aliphatic carbocycles. The van der Waals surface area contributed by atoms with Gasteiger partial charge in [-0.2, -0.15) is 0 Å². The summed E-state index contributed by atoms with van der Waals surface area (Å²) < 4.78 is 15.7. The first kappa shape index (κ1) is 19.4. The zero-order chi connectivity index (χ0) is 17.8. The molecular weight excluding hydrogens is 298 g/mol. The molecule has 0 heterocycles. The van der Waals surface area contributed by atoms with Crippen LogP contribution in [0, 0.1) is 0 Å². The third-order valence-corrected chi connectivity index (χ3v) is 3.30. The average molecular weight is 325 g/mol. The van der Waals surface area contributed by atoms with Crippen molar-refractivity contribution in [1.29, 1.82) is 0 Å². The fraction of sp³-hybridized carbons (Fsp3) is 0.562. The highest BCUT2D eigenvalue weighted by atomic mass is 16.7. The molecule has 0 saturated carbocycles. The zero-order valence-corrected chi connectivity index (χ0v) is 14.6. The molecule has 4 N–H and O–H groups in total. The van der Waals surface area contributed by atoms with Crippen LogP contribution in [0.15, 0.2) is 24.3 Å². The summed E-state index contributed by atoms with van der Waals surface area (Å²) in [6, 6.07) is 7.01. The number of nitrogens with zero attached hydrogens (tertiary/aromatic N) is 1. The Bertz CT molecular complexity index is 519. The quantitative estimate of drug-likeness (QED) is 0.802. The number of carbonyl (C=O) groups excluding carboxylic acids is 1. The minimum Gasteiger partial charge on any atom is -0.444 e. The number of hydrogen-bond acceptors (Lipinski definition) is 6. The monoisotopic (exact) mass is 325 g/mol. The third-order valence-electron chi connectivity index (χ3n) is 3.30. The normalized spacial score (nSPS) is 12.4. The van der Waals surface area contributed by atoms with E-state index in [2.05, 4.69) is 0 Å². The van der Waals surface area contributed by atoms with Gasteiger partial charge in [0.15, 0.2) is 12.1 Å². The van der Waals surface area contributed by atoms with Crippen LogP contribution in [0.25, 0.3) is 0 Å². The topological polar surface area (TPSA) is 100 Å². The van der Waals surface area contributed by atoms with E-state index < -0.39 is 23.8 Å². The summed E-state index contributed by atoms with van der Waals surface area (Å²) in [5, 5.41) is 0. The molecule has 130 valence electrons. The van der Waals surface area contributed by atoms with E-state index in [4.69, 9.17) is 25.7 Å². The molecule has 0 radical (unpaired) electrons. The van der Waals surface area contributed by atoms with E-state index in [-0.39, 0.29) is 0 Å². The van der Waals surface area contributed by atoms with Crippen LogP contribution in [-0.4, -0.2) is 37.9 Å². The minimum atomic E-state index is -1.50. The maximum atomic E-state index is 12.2. The first-order valence-corrected chi connectivity index (χ1v) is 7.23. The van der Waals surface area contributed by atoms with E-state index in [0.717, 1.165) is 10.5 Å². The van der Waals surface area contributed by atoms with Gasteiger partial charge in [-0.05, 0) is 20.8 Å². The number of methoxy groups -OCH3 is 2. The molecule has 0 saturated heterocycles. The van der Waals surface area contributed by atoms with Gasteiger partial charge < -0.3 is 14.2 Å². The van der Waals surface area contributed by atoms with Crippen molar-refractivity contribution in [2.45, 2.75) is 38.4 Å². The van der Waals surface area contributed by atoms with Crippen LogP contribution in [0.1, 0.15) is 38.2 Å². The first-order valence-electron chi connectivity index (χ1n) is 7.23. The van der Waals surface area contributed by atoms with Crippen molar-refractivity contribution in [2.24, 2.45) is 11.5 Å². The van der Waals surface area contributed by atoms with Gasteiger partial charge in [-0.15, -0.1) is 0 Å². The predicted octanol–water partition coefficient (Wildman–Crippen LogP) is 1.87. The van der Waals surface area contributed by atoms with Gasteiger partial charge >= 0.3 is 6.09 Å². The maximum absolute atomic E-state index is 12.2. The summed E-state index contributed by atoms with van der Waals surface area (Å²) in [5.41, 5.74) is 13.0. The summed E-state index contributed by atoms with van der Waals surface area (Å²) in [6.07, 6.45) is -1.07. The van der Waals surface area contributed by atoms with Gasteiger partial charge in [0.1, 0.15) is 5.60 Å². The number of benzene rings is 1. The standard InChI is InChI=1S/C16H27N3O4/c1-15(2,3)23-14(20)19(4)16(17,18)12-9-7-11(8-10-12)13(21-5)22-6/h7-10,13H,17-18H2,1-6H3. The molecule has 1 aromatic carbocycles. The molecule has 1 rings (SSSR count). The Morgan fingerprint density at radius 3 is 1.96 bits per heavy atom. The van der Waals surface area contributed by atoms with Crippen molar-refractivity contribution in [3.8, 4) is 0 Å². The van der Waals surface area contributed by atoms with Crippen LogP contribution in [0.2, 0.25) is 0 Å². The number of hydrogen-bond donors (Lipinski definition) is 2. The maximum Gasteiger partial charge on any atom is 0.412 e. The molecule has 0 unspecified atom stereocenters. The number of ether oxygens (including phenoxy) is 3. The summed E-state index contributed by atoms with van der Waals surface area (Å²) in [7, 11) is 4.60. The summed E-state index contributed by atoms with van der Waals surface area (Å²) in [4.78, 5) is 13.3. The summed E-state index contributed by atoms with van der Waals surface area (Å²) >= 11 is 0. The largest absolute Gasteiger partial charge is 0.444 e. The van der Waals surface area contributed by atoms with Crippen molar-refractivity contribution in [3.63, 3.8) is 0 Å². The van der Waals surface area contributed by atoms with Gasteiger partial charge in [0, 0.05) is 32.4 Å². The molecule has 7 nitrogen and oxygen atoms in total. The number of amides is 1. The highest BCUT2D eigenvalue weighted by Gasteiger charge is 2.34. The molecule has 0 atom stereocenters. The summed E-state index contributed by atoms with van der Waals surface area (Å²) in [6.45, 7) is 5.33. The lowest BCUT2D eigenvalue weighted by Crippen LogP contribution is -2.61. The molecule has 0 spiro atoms. The van der Waals surface area contributed by atoms with Crippen molar-refractivity contribution in [2.75, 3.05) is 21.3 Å². The zero-order valence-electron chi connectivity index (χ0n) is 14.6. The lowest BCUT2D eigenvalue weighted by molar-refractivity contribution is -0.106. The molecule has 0 bridgehead atoms. The smallest absolute Gasteiger partial charge is 0.412 e. The number of rotatable bonds is 5. The van der Waals surface area contributed by atoms with E-state index in [1.807, 2.05) is 0 Å². The van der Waals surface area contributed by atoms with Crippen molar-refractivity contribution < 1.29 is 19.0 Å². The van der Waals surface area contributed by atoms with Gasteiger partial charge in [-0.1, -0.05) is 24.3 Å². The van der Waals surface area contributed by atoms with Crippen LogP contribution in [0.3, 0.4) is 0 Å². The van der Waals surface area contributed by atoms with Crippen molar-refractivity contribution in [1.82, 2.24) is 4.90 Å². The lowest BCUT2D eigenvalue weighted by atomic mass is 10.1. The predicted molar refractivity (Wildman–Crippen MR) is 87.3 cm³/mol. The summed E-state index contributed by atoms with van der Waals surface area (Å²) in [5.74, 6) is -1.50. The second kappa shape index (κ2) is 7.27. The number of nitrogens with two attached hydrogens (primary N) is 2. The lowest BCUT2D eigenvalue weighted by Gasteiger charge is -2.36. The number of carbonyl (C=O) groups is 1. The second-order valence-corrected chi connectivity index (χ2v) is 6.29. The Labute approximate surface area is 137 Å². The Morgan fingerprint density at radius 1 is 1.09 bits per heavy atom. The van der Waals surface area contributed by atoms with Crippen LogP contribution < -0.4 is 11.5 Å².